The van der Waals surface area contributed by atoms with Crippen molar-refractivity contribution in [3.05, 3.63) is 59.5 Å². The van der Waals surface area contributed by atoms with E-state index in [1.54, 1.807) is 30.6 Å². The molecule has 0 aliphatic carbocycles. The maximum absolute atomic E-state index is 12.0. The van der Waals surface area contributed by atoms with Gasteiger partial charge in [0.1, 0.15) is 5.69 Å². The van der Waals surface area contributed by atoms with Crippen LogP contribution in [0.4, 0.5) is 5.95 Å². The molecule has 0 aliphatic rings. The van der Waals surface area contributed by atoms with E-state index in [0.29, 0.717) is 22.4 Å². The number of aromatic nitrogens is 4. The van der Waals surface area contributed by atoms with Crippen LogP contribution in [0.1, 0.15) is 10.5 Å². The number of halogens is 1. The summed E-state index contributed by atoms with van der Waals surface area (Å²) in [6.07, 6.45) is 3.13. The van der Waals surface area contributed by atoms with Crippen molar-refractivity contribution in [1.82, 2.24) is 25.6 Å². The van der Waals surface area contributed by atoms with Crippen molar-refractivity contribution in [3.63, 3.8) is 0 Å². The van der Waals surface area contributed by atoms with Gasteiger partial charge < -0.3 is 0 Å². The fraction of sp³-hybridized carbons (Fsp3) is 0. The van der Waals surface area contributed by atoms with Crippen molar-refractivity contribution in [2.75, 3.05) is 5.43 Å². The molecule has 3 rings (SSSR count). The Morgan fingerprint density at radius 1 is 1.14 bits per heavy atom. The molecule has 3 aromatic rings. The minimum atomic E-state index is -0.391. The molecule has 0 bridgehead atoms. The van der Waals surface area contributed by atoms with Crippen LogP contribution in [0, 0.1) is 0 Å². The van der Waals surface area contributed by atoms with Gasteiger partial charge in [0.25, 0.3) is 5.91 Å². The molecular formula is C14H11ClN6O. The third-order valence-electron chi connectivity index (χ3n) is 2.83. The Morgan fingerprint density at radius 3 is 2.68 bits per heavy atom. The highest BCUT2D eigenvalue weighted by Gasteiger charge is 2.12. The van der Waals surface area contributed by atoms with Crippen molar-refractivity contribution < 1.29 is 4.79 Å². The highest BCUT2D eigenvalue weighted by Crippen LogP contribution is 2.26. The van der Waals surface area contributed by atoms with E-state index in [2.05, 4.69) is 31.0 Å². The summed E-state index contributed by atoms with van der Waals surface area (Å²) < 4.78 is 0. The Balaban J connectivity index is 1.71. The van der Waals surface area contributed by atoms with Crippen LogP contribution in [0.15, 0.2) is 48.8 Å². The van der Waals surface area contributed by atoms with E-state index in [9.17, 15) is 4.79 Å². The quantitative estimate of drug-likeness (QED) is 0.642. The summed E-state index contributed by atoms with van der Waals surface area (Å²) in [6.45, 7) is 0. The maximum atomic E-state index is 12.0. The van der Waals surface area contributed by atoms with Gasteiger partial charge in [-0.1, -0.05) is 29.8 Å². The number of H-pyrrole nitrogens is 1. The van der Waals surface area contributed by atoms with Crippen molar-refractivity contribution >= 4 is 23.5 Å². The summed E-state index contributed by atoms with van der Waals surface area (Å²) in [5.74, 6) is -0.0973. The lowest BCUT2D eigenvalue weighted by Crippen LogP contribution is -2.30. The van der Waals surface area contributed by atoms with Crippen molar-refractivity contribution in [2.24, 2.45) is 0 Å². The topological polar surface area (TPSA) is 95.6 Å². The summed E-state index contributed by atoms with van der Waals surface area (Å²) in [6, 6.07) is 10.6. The van der Waals surface area contributed by atoms with Crippen molar-refractivity contribution in [2.45, 2.75) is 0 Å². The van der Waals surface area contributed by atoms with Gasteiger partial charge in [0.15, 0.2) is 0 Å². The van der Waals surface area contributed by atoms with Gasteiger partial charge in [0.05, 0.1) is 10.7 Å². The van der Waals surface area contributed by atoms with Crippen LogP contribution in [-0.4, -0.2) is 26.1 Å². The largest absolute Gasteiger partial charge is 0.287 e. The lowest BCUT2D eigenvalue weighted by atomic mass is 10.1. The van der Waals surface area contributed by atoms with E-state index >= 15 is 0 Å². The van der Waals surface area contributed by atoms with Gasteiger partial charge in [0.2, 0.25) is 5.95 Å². The first-order valence-electron chi connectivity index (χ1n) is 6.38. The predicted octanol–water partition coefficient (Wildman–Crippen LogP) is 2.28. The van der Waals surface area contributed by atoms with Gasteiger partial charge in [-0.15, -0.1) is 0 Å². The average Bonchev–Trinajstić information content (AvgIpc) is 3.04. The number of rotatable bonds is 4. The number of amides is 1. The second-order valence-corrected chi connectivity index (χ2v) is 4.71. The van der Waals surface area contributed by atoms with Crippen LogP contribution in [-0.2, 0) is 0 Å². The van der Waals surface area contributed by atoms with E-state index < -0.39 is 5.91 Å². The van der Waals surface area contributed by atoms with E-state index in [4.69, 9.17) is 11.6 Å². The molecule has 22 heavy (non-hydrogen) atoms. The highest BCUT2D eigenvalue weighted by molar-refractivity contribution is 6.33. The Bertz CT molecular complexity index is 789. The Morgan fingerprint density at radius 2 is 1.91 bits per heavy atom. The smallest absolute Gasteiger partial charge is 0.272 e. The molecule has 0 atom stereocenters. The summed E-state index contributed by atoms with van der Waals surface area (Å²) in [7, 11) is 0. The summed E-state index contributed by atoms with van der Waals surface area (Å²) in [5, 5.41) is 7.33. The first-order chi connectivity index (χ1) is 10.7. The average molecular weight is 315 g/mol. The molecule has 0 saturated carbocycles. The van der Waals surface area contributed by atoms with Crippen LogP contribution < -0.4 is 10.9 Å². The third-order valence-corrected chi connectivity index (χ3v) is 3.16. The number of carbonyl (C=O) groups excluding carboxylic acids is 1. The normalized spacial score (nSPS) is 10.2. The van der Waals surface area contributed by atoms with Crippen molar-refractivity contribution in [3.8, 4) is 11.3 Å². The third kappa shape index (κ3) is 3.04. The highest BCUT2D eigenvalue weighted by atomic mass is 35.5. The molecular weight excluding hydrogens is 304 g/mol. The molecule has 0 spiro atoms. The monoisotopic (exact) mass is 314 g/mol. The van der Waals surface area contributed by atoms with E-state index in [-0.39, 0.29) is 0 Å². The van der Waals surface area contributed by atoms with Crippen LogP contribution in [0.25, 0.3) is 11.3 Å². The molecule has 2 heterocycles. The Hall–Kier alpha value is -2.93. The van der Waals surface area contributed by atoms with Gasteiger partial charge in [-0.2, -0.15) is 5.10 Å². The fourth-order valence-electron chi connectivity index (χ4n) is 1.79. The number of hydrogen-bond acceptors (Lipinski definition) is 5. The summed E-state index contributed by atoms with van der Waals surface area (Å²) >= 11 is 6.11. The van der Waals surface area contributed by atoms with Crippen LogP contribution >= 0.6 is 11.6 Å². The zero-order chi connectivity index (χ0) is 15.4. The van der Waals surface area contributed by atoms with E-state index in [0.717, 1.165) is 5.56 Å². The number of hydrazine groups is 1. The predicted molar refractivity (Wildman–Crippen MR) is 82.2 cm³/mol. The molecule has 2 aromatic heterocycles. The summed E-state index contributed by atoms with van der Waals surface area (Å²) in [5.41, 5.74) is 6.71. The minimum absolute atomic E-state index is 0.290. The summed E-state index contributed by atoms with van der Waals surface area (Å²) in [4.78, 5) is 19.9. The molecule has 3 N–H and O–H groups in total. The first kappa shape index (κ1) is 14.0. The van der Waals surface area contributed by atoms with E-state index in [1.807, 2.05) is 18.2 Å². The van der Waals surface area contributed by atoms with E-state index in [1.165, 1.54) is 0 Å². The molecule has 0 radical (unpaired) electrons. The van der Waals surface area contributed by atoms with Gasteiger partial charge >= 0.3 is 0 Å². The number of aromatic amines is 1. The zero-order valence-electron chi connectivity index (χ0n) is 11.2. The number of carbonyl (C=O) groups is 1. The molecule has 0 saturated heterocycles. The Kier molecular flexibility index (Phi) is 3.97. The lowest BCUT2D eigenvalue weighted by Gasteiger charge is -2.04. The van der Waals surface area contributed by atoms with Gasteiger partial charge in [-0.05, 0) is 18.2 Å². The molecule has 7 nitrogen and oxygen atoms in total. The molecule has 110 valence electrons. The Labute approximate surface area is 130 Å². The molecule has 8 heteroatoms. The number of nitrogens with zero attached hydrogens (tertiary/aromatic N) is 3. The number of anilines is 1. The fourth-order valence-corrected chi connectivity index (χ4v) is 2.02. The first-order valence-corrected chi connectivity index (χ1v) is 6.75. The molecule has 0 aliphatic heterocycles. The lowest BCUT2D eigenvalue weighted by molar-refractivity contribution is 0.0957. The van der Waals surface area contributed by atoms with Crippen LogP contribution in [0.2, 0.25) is 5.02 Å². The van der Waals surface area contributed by atoms with Gasteiger partial charge in [0, 0.05) is 18.0 Å². The molecule has 1 aromatic carbocycles. The number of hydrogen-bond donors (Lipinski definition) is 3. The standard InChI is InChI=1S/C14H11ClN6O/c15-10-5-2-1-4-9(10)11-8-12(19-18-11)13(22)20-21-14-16-6-3-7-17-14/h1-8H,(H,18,19)(H,20,22)(H,16,17,21). The zero-order valence-corrected chi connectivity index (χ0v) is 12.0. The SMILES string of the molecule is O=C(NNc1ncccn1)c1cc(-c2ccccc2Cl)n[nH]1. The van der Waals surface area contributed by atoms with Gasteiger partial charge in [-0.3, -0.25) is 20.7 Å². The maximum Gasteiger partial charge on any atom is 0.287 e. The minimum Gasteiger partial charge on any atom is -0.272 e. The van der Waals surface area contributed by atoms with Crippen molar-refractivity contribution in [1.29, 1.82) is 0 Å². The van der Waals surface area contributed by atoms with Gasteiger partial charge in [-0.25, -0.2) is 9.97 Å². The molecule has 0 fully saturated rings. The number of benzene rings is 1. The second kappa shape index (κ2) is 6.23. The second-order valence-electron chi connectivity index (χ2n) is 4.30. The number of nitrogens with one attached hydrogen (secondary N) is 3. The van der Waals surface area contributed by atoms with Crippen LogP contribution in [0.5, 0.6) is 0 Å². The molecule has 1 amide bonds. The van der Waals surface area contributed by atoms with Crippen LogP contribution in [0.3, 0.4) is 0 Å². The molecule has 0 unspecified atom stereocenters.